The summed E-state index contributed by atoms with van der Waals surface area (Å²) in [5.74, 6) is 0. The summed E-state index contributed by atoms with van der Waals surface area (Å²) in [6.07, 6.45) is 0. The molecule has 3 aromatic rings. The van der Waals surface area contributed by atoms with Gasteiger partial charge in [-0.25, -0.2) is 0 Å². The van der Waals surface area contributed by atoms with Crippen molar-refractivity contribution in [1.82, 2.24) is 0 Å². The molecular weight excluding hydrogens is 389 g/mol. The maximum Gasteiger partial charge on any atom is 0.494 e. The summed E-state index contributed by atoms with van der Waals surface area (Å²) in [5.41, 5.74) is 4.19. The molecule has 1 fully saturated rings. The van der Waals surface area contributed by atoms with Crippen LogP contribution in [0.25, 0.3) is 0 Å². The molecule has 0 N–H and O–H groups in total. The Bertz CT molecular complexity index is 1020. The van der Waals surface area contributed by atoms with Gasteiger partial charge in [0.1, 0.15) is 0 Å². The van der Waals surface area contributed by atoms with Crippen LogP contribution in [-0.4, -0.2) is 18.3 Å². The minimum Gasteiger partial charge on any atom is -0.399 e. The molecule has 0 amide bonds. The van der Waals surface area contributed by atoms with Gasteiger partial charge in [0, 0.05) is 16.3 Å². The van der Waals surface area contributed by atoms with E-state index in [0.29, 0.717) is 0 Å². The van der Waals surface area contributed by atoms with E-state index in [9.17, 15) is 0 Å². The van der Waals surface area contributed by atoms with Crippen LogP contribution in [0.4, 0.5) is 11.4 Å². The SMILES string of the molecule is CC1(C)OB(c2ccc(CN3c4ccccc4Sc4ccccc43)cc2)OC1(C)C. The van der Waals surface area contributed by atoms with Crippen LogP contribution in [0.3, 0.4) is 0 Å². The molecule has 3 aromatic carbocycles. The van der Waals surface area contributed by atoms with Crippen LogP contribution in [0.1, 0.15) is 33.3 Å². The van der Waals surface area contributed by atoms with E-state index in [1.807, 2.05) is 11.8 Å². The van der Waals surface area contributed by atoms with Crippen LogP contribution < -0.4 is 10.4 Å². The van der Waals surface area contributed by atoms with Gasteiger partial charge < -0.3 is 14.2 Å². The van der Waals surface area contributed by atoms with Gasteiger partial charge in [0.05, 0.1) is 22.6 Å². The molecule has 1 saturated heterocycles. The van der Waals surface area contributed by atoms with Gasteiger partial charge in [-0.1, -0.05) is 60.3 Å². The van der Waals surface area contributed by atoms with Crippen molar-refractivity contribution in [2.24, 2.45) is 0 Å². The van der Waals surface area contributed by atoms with Gasteiger partial charge in [0.15, 0.2) is 0 Å². The smallest absolute Gasteiger partial charge is 0.399 e. The first kappa shape index (κ1) is 19.7. The Hall–Kier alpha value is -2.21. The average molecular weight is 415 g/mol. The molecule has 0 aromatic heterocycles. The zero-order chi connectivity index (χ0) is 20.9. The Kier molecular flexibility index (Phi) is 4.73. The lowest BCUT2D eigenvalue weighted by Gasteiger charge is -2.32. The molecular formula is C25H26BNO2S. The Morgan fingerprint density at radius 3 is 1.77 bits per heavy atom. The Labute approximate surface area is 183 Å². The predicted octanol–water partition coefficient (Wildman–Crippen LogP) is 5.79. The molecule has 0 spiro atoms. The molecule has 0 saturated carbocycles. The first-order valence-electron chi connectivity index (χ1n) is 10.4. The van der Waals surface area contributed by atoms with Crippen LogP contribution >= 0.6 is 11.8 Å². The summed E-state index contributed by atoms with van der Waals surface area (Å²) in [5, 5.41) is 0. The molecule has 5 rings (SSSR count). The highest BCUT2D eigenvalue weighted by Crippen LogP contribution is 2.48. The Morgan fingerprint density at radius 2 is 1.23 bits per heavy atom. The Balaban J connectivity index is 1.41. The molecule has 2 heterocycles. The summed E-state index contributed by atoms with van der Waals surface area (Å²) in [6, 6.07) is 25.9. The van der Waals surface area contributed by atoms with Crippen LogP contribution in [0.15, 0.2) is 82.6 Å². The van der Waals surface area contributed by atoms with Crippen LogP contribution in [0, 0.1) is 0 Å². The average Bonchev–Trinajstić information content (AvgIpc) is 2.95. The minimum absolute atomic E-state index is 0.322. The lowest BCUT2D eigenvalue weighted by atomic mass is 9.79. The van der Waals surface area contributed by atoms with E-state index in [2.05, 4.69) is 105 Å². The minimum atomic E-state index is -0.324. The number of fused-ring (bicyclic) bond motifs is 2. The van der Waals surface area contributed by atoms with Crippen LogP contribution in [-0.2, 0) is 15.9 Å². The lowest BCUT2D eigenvalue weighted by Crippen LogP contribution is -2.41. The number of hydrogen-bond acceptors (Lipinski definition) is 4. The number of hydrogen-bond donors (Lipinski definition) is 0. The fourth-order valence-electron chi connectivity index (χ4n) is 3.89. The second-order valence-electron chi connectivity index (χ2n) is 8.95. The van der Waals surface area contributed by atoms with Crippen molar-refractivity contribution in [2.75, 3.05) is 4.90 Å². The van der Waals surface area contributed by atoms with Gasteiger partial charge in [-0.15, -0.1) is 0 Å². The van der Waals surface area contributed by atoms with Crippen molar-refractivity contribution >= 4 is 35.7 Å². The third kappa shape index (κ3) is 3.35. The fraction of sp³-hybridized carbons (Fsp3) is 0.280. The normalized spacial score (nSPS) is 18.8. The van der Waals surface area contributed by atoms with E-state index in [0.717, 1.165) is 12.0 Å². The molecule has 2 aliphatic rings. The van der Waals surface area contributed by atoms with E-state index in [1.165, 1.54) is 26.7 Å². The van der Waals surface area contributed by atoms with Crippen molar-refractivity contribution in [3.63, 3.8) is 0 Å². The summed E-state index contributed by atoms with van der Waals surface area (Å²) in [7, 11) is -0.322. The molecule has 3 nitrogen and oxygen atoms in total. The van der Waals surface area contributed by atoms with E-state index in [1.54, 1.807) is 0 Å². The van der Waals surface area contributed by atoms with Gasteiger partial charge in [-0.2, -0.15) is 0 Å². The fourth-order valence-corrected chi connectivity index (χ4v) is 4.99. The van der Waals surface area contributed by atoms with Crippen LogP contribution in [0.2, 0.25) is 0 Å². The second kappa shape index (κ2) is 7.19. The highest BCUT2D eigenvalue weighted by atomic mass is 32.2. The first-order valence-corrected chi connectivity index (χ1v) is 11.2. The second-order valence-corrected chi connectivity index (χ2v) is 10.0. The zero-order valence-corrected chi connectivity index (χ0v) is 18.7. The maximum atomic E-state index is 6.20. The van der Waals surface area contributed by atoms with Crippen molar-refractivity contribution in [3.8, 4) is 0 Å². The van der Waals surface area contributed by atoms with Crippen molar-refractivity contribution < 1.29 is 9.31 Å². The molecule has 152 valence electrons. The number of para-hydroxylation sites is 2. The summed E-state index contributed by atoms with van der Waals surface area (Å²) in [4.78, 5) is 5.00. The third-order valence-electron chi connectivity index (χ3n) is 6.38. The van der Waals surface area contributed by atoms with E-state index in [-0.39, 0.29) is 18.3 Å². The molecule has 30 heavy (non-hydrogen) atoms. The molecule has 0 bridgehead atoms. The number of rotatable bonds is 3. The van der Waals surface area contributed by atoms with Gasteiger partial charge in [-0.05, 0) is 63.0 Å². The molecule has 2 aliphatic heterocycles. The lowest BCUT2D eigenvalue weighted by molar-refractivity contribution is 0.00578. The topological polar surface area (TPSA) is 21.7 Å². The predicted molar refractivity (Wildman–Crippen MR) is 125 cm³/mol. The summed E-state index contributed by atoms with van der Waals surface area (Å²) in [6.45, 7) is 9.17. The van der Waals surface area contributed by atoms with Gasteiger partial charge >= 0.3 is 7.12 Å². The van der Waals surface area contributed by atoms with Crippen molar-refractivity contribution in [2.45, 2.75) is 55.2 Å². The number of benzene rings is 3. The summed E-state index contributed by atoms with van der Waals surface area (Å²) >= 11 is 1.84. The molecule has 0 radical (unpaired) electrons. The molecule has 0 atom stereocenters. The monoisotopic (exact) mass is 415 g/mol. The Morgan fingerprint density at radius 1 is 0.733 bits per heavy atom. The highest BCUT2D eigenvalue weighted by molar-refractivity contribution is 7.99. The van der Waals surface area contributed by atoms with Gasteiger partial charge in [0.25, 0.3) is 0 Å². The molecule has 0 unspecified atom stereocenters. The quantitative estimate of drug-likeness (QED) is 0.505. The highest BCUT2D eigenvalue weighted by Gasteiger charge is 2.51. The zero-order valence-electron chi connectivity index (χ0n) is 17.9. The van der Waals surface area contributed by atoms with E-state index in [4.69, 9.17) is 9.31 Å². The maximum absolute atomic E-state index is 6.20. The van der Waals surface area contributed by atoms with Crippen molar-refractivity contribution in [1.29, 1.82) is 0 Å². The first-order chi connectivity index (χ1) is 14.3. The van der Waals surface area contributed by atoms with E-state index >= 15 is 0 Å². The number of nitrogens with zero attached hydrogens (tertiary/aromatic N) is 1. The van der Waals surface area contributed by atoms with Gasteiger partial charge in [-0.3, -0.25) is 0 Å². The standard InChI is InChI=1S/C25H26BNO2S/c1-24(2)25(3,4)29-26(28-24)19-15-13-18(14-16-19)17-27-20-9-5-7-11-22(20)30-23-12-8-6-10-21(23)27/h5-16H,17H2,1-4H3. The van der Waals surface area contributed by atoms with Gasteiger partial charge in [0.2, 0.25) is 0 Å². The largest absolute Gasteiger partial charge is 0.494 e. The molecule has 0 aliphatic carbocycles. The summed E-state index contributed by atoms with van der Waals surface area (Å²) < 4.78 is 12.4. The van der Waals surface area contributed by atoms with Crippen LogP contribution in [0.5, 0.6) is 0 Å². The number of anilines is 2. The third-order valence-corrected chi connectivity index (χ3v) is 7.51. The molecule has 5 heteroatoms. The van der Waals surface area contributed by atoms with Crippen molar-refractivity contribution in [3.05, 3.63) is 78.4 Å². The van der Waals surface area contributed by atoms with E-state index < -0.39 is 0 Å².